The number of nitrogen functional groups attached to an aromatic ring is 1. The fourth-order valence-electron chi connectivity index (χ4n) is 2.40. The highest BCUT2D eigenvalue weighted by atomic mass is 19.1. The van der Waals surface area contributed by atoms with Gasteiger partial charge in [-0.1, -0.05) is 6.42 Å². The van der Waals surface area contributed by atoms with Crippen LogP contribution in [-0.2, 0) is 0 Å². The second-order valence-corrected chi connectivity index (χ2v) is 5.03. The molecule has 0 radical (unpaired) electrons. The molecule has 5 heteroatoms. The second kappa shape index (κ2) is 5.47. The zero-order valence-electron chi connectivity index (χ0n) is 11.0. The molecular weight excluding hydrogens is 247 g/mol. The van der Waals surface area contributed by atoms with Crippen LogP contribution in [0.15, 0.2) is 12.1 Å². The van der Waals surface area contributed by atoms with Crippen molar-refractivity contribution in [3.63, 3.8) is 0 Å². The number of carboxylic acids is 1. The minimum Gasteiger partial charge on any atom is -0.478 e. The molecule has 1 fully saturated rings. The summed E-state index contributed by atoms with van der Waals surface area (Å²) < 4.78 is 13.7. The number of nitrogens with zero attached hydrogens (tertiary/aromatic N) is 1. The third kappa shape index (κ3) is 2.80. The minimum atomic E-state index is -1.29. The molecule has 0 bridgehead atoms. The Kier molecular flexibility index (Phi) is 3.93. The lowest BCUT2D eigenvalue weighted by Crippen LogP contribution is -2.33. The number of carbonyl (C=O) groups is 1. The van der Waals surface area contributed by atoms with E-state index in [1.165, 1.54) is 31.4 Å². The Hall–Kier alpha value is -1.78. The summed E-state index contributed by atoms with van der Waals surface area (Å²) in [5, 5.41) is 8.86. The van der Waals surface area contributed by atoms with Crippen molar-refractivity contribution in [3.05, 3.63) is 23.5 Å². The molecule has 19 heavy (non-hydrogen) atoms. The zero-order chi connectivity index (χ0) is 14.0. The van der Waals surface area contributed by atoms with Crippen LogP contribution in [0.4, 0.5) is 15.8 Å². The topological polar surface area (TPSA) is 66.6 Å². The van der Waals surface area contributed by atoms with E-state index in [0.717, 1.165) is 13.1 Å². The molecule has 0 amide bonds. The molecule has 0 heterocycles. The predicted molar refractivity (Wildman–Crippen MR) is 73.0 cm³/mol. The molecule has 2 rings (SSSR count). The van der Waals surface area contributed by atoms with Crippen molar-refractivity contribution >= 4 is 17.3 Å². The van der Waals surface area contributed by atoms with E-state index in [4.69, 9.17) is 10.8 Å². The number of benzene rings is 1. The van der Waals surface area contributed by atoms with Crippen molar-refractivity contribution in [2.75, 3.05) is 23.7 Å². The van der Waals surface area contributed by atoms with Gasteiger partial charge in [-0.15, -0.1) is 0 Å². The van der Waals surface area contributed by atoms with E-state index in [1.807, 2.05) is 11.8 Å². The Morgan fingerprint density at radius 1 is 1.53 bits per heavy atom. The van der Waals surface area contributed by atoms with Crippen LogP contribution in [0.2, 0.25) is 0 Å². The molecule has 0 aromatic heterocycles. The molecule has 3 N–H and O–H groups in total. The number of hydrogen-bond acceptors (Lipinski definition) is 3. The van der Waals surface area contributed by atoms with Gasteiger partial charge in [0.1, 0.15) is 5.82 Å². The van der Waals surface area contributed by atoms with Crippen LogP contribution in [0.5, 0.6) is 0 Å². The molecular formula is C14H19FN2O2. The SMILES string of the molecule is CCN(CC1CCC1)c1cc(F)c(C(=O)O)cc1N. The third-order valence-corrected chi connectivity index (χ3v) is 3.77. The van der Waals surface area contributed by atoms with E-state index >= 15 is 0 Å². The lowest BCUT2D eigenvalue weighted by atomic mass is 9.85. The smallest absolute Gasteiger partial charge is 0.338 e. The Morgan fingerprint density at radius 2 is 2.21 bits per heavy atom. The number of anilines is 2. The van der Waals surface area contributed by atoms with Gasteiger partial charge in [-0.05, 0) is 31.7 Å². The standard InChI is InChI=1S/C14H19FN2O2/c1-2-17(8-9-4-3-5-9)13-7-11(15)10(14(18)19)6-12(13)16/h6-7,9H,2-5,8,16H2,1H3,(H,18,19). The van der Waals surface area contributed by atoms with Crippen LogP contribution in [0.1, 0.15) is 36.5 Å². The van der Waals surface area contributed by atoms with Gasteiger partial charge in [-0.2, -0.15) is 0 Å². The second-order valence-electron chi connectivity index (χ2n) is 5.03. The summed E-state index contributed by atoms with van der Waals surface area (Å²) in [6.07, 6.45) is 3.65. The minimum absolute atomic E-state index is 0.319. The Balaban J connectivity index is 2.26. The van der Waals surface area contributed by atoms with Crippen LogP contribution in [0, 0.1) is 11.7 Å². The molecule has 1 aliphatic rings. The molecule has 0 unspecified atom stereocenters. The van der Waals surface area contributed by atoms with E-state index in [0.29, 0.717) is 17.3 Å². The molecule has 1 saturated carbocycles. The number of rotatable bonds is 5. The highest BCUT2D eigenvalue weighted by molar-refractivity contribution is 5.90. The first-order valence-corrected chi connectivity index (χ1v) is 6.60. The van der Waals surface area contributed by atoms with Gasteiger partial charge in [0.2, 0.25) is 0 Å². The summed E-state index contributed by atoms with van der Waals surface area (Å²) in [6, 6.07) is 2.44. The van der Waals surface area contributed by atoms with Crippen molar-refractivity contribution in [2.24, 2.45) is 5.92 Å². The van der Waals surface area contributed by atoms with Crippen molar-refractivity contribution in [1.29, 1.82) is 0 Å². The van der Waals surface area contributed by atoms with Crippen molar-refractivity contribution in [3.8, 4) is 0 Å². The molecule has 1 aromatic rings. The molecule has 0 saturated heterocycles. The van der Waals surface area contributed by atoms with Gasteiger partial charge in [0.05, 0.1) is 16.9 Å². The normalized spacial score (nSPS) is 15.1. The zero-order valence-corrected chi connectivity index (χ0v) is 11.0. The predicted octanol–water partition coefficient (Wildman–Crippen LogP) is 2.73. The Labute approximate surface area is 112 Å². The average molecular weight is 266 g/mol. The van der Waals surface area contributed by atoms with Gasteiger partial charge < -0.3 is 15.7 Å². The number of aromatic carboxylic acids is 1. The summed E-state index contributed by atoms with van der Waals surface area (Å²) in [5.41, 5.74) is 6.41. The first-order valence-electron chi connectivity index (χ1n) is 6.60. The van der Waals surface area contributed by atoms with E-state index in [2.05, 4.69) is 0 Å². The first-order chi connectivity index (χ1) is 9.02. The fourth-order valence-corrected chi connectivity index (χ4v) is 2.40. The van der Waals surface area contributed by atoms with Gasteiger partial charge in [0, 0.05) is 19.2 Å². The van der Waals surface area contributed by atoms with Gasteiger partial charge in [0.25, 0.3) is 0 Å². The van der Waals surface area contributed by atoms with Crippen LogP contribution >= 0.6 is 0 Å². The molecule has 1 aromatic carbocycles. The lowest BCUT2D eigenvalue weighted by Gasteiger charge is -2.33. The number of nitrogens with two attached hydrogens (primary N) is 1. The Morgan fingerprint density at radius 3 is 2.68 bits per heavy atom. The molecule has 0 atom stereocenters. The van der Waals surface area contributed by atoms with Crippen LogP contribution in [0.3, 0.4) is 0 Å². The molecule has 1 aliphatic carbocycles. The maximum Gasteiger partial charge on any atom is 0.338 e. The number of halogens is 1. The van der Waals surface area contributed by atoms with Crippen molar-refractivity contribution in [2.45, 2.75) is 26.2 Å². The van der Waals surface area contributed by atoms with Gasteiger partial charge in [0.15, 0.2) is 0 Å². The van der Waals surface area contributed by atoms with Crippen LogP contribution in [-0.4, -0.2) is 24.2 Å². The number of carboxylic acid groups (broad SMARTS) is 1. The molecule has 0 spiro atoms. The summed E-state index contributed by atoms with van der Waals surface area (Å²) in [4.78, 5) is 12.9. The molecule has 104 valence electrons. The molecule has 4 nitrogen and oxygen atoms in total. The van der Waals surface area contributed by atoms with E-state index < -0.39 is 11.8 Å². The van der Waals surface area contributed by atoms with Gasteiger partial charge >= 0.3 is 5.97 Å². The van der Waals surface area contributed by atoms with Crippen molar-refractivity contribution < 1.29 is 14.3 Å². The summed E-state index contributed by atoms with van der Waals surface area (Å²) in [5.74, 6) is -1.39. The first kappa shape index (κ1) is 13.6. The highest BCUT2D eigenvalue weighted by Gasteiger charge is 2.22. The average Bonchev–Trinajstić information content (AvgIpc) is 2.31. The Bertz CT molecular complexity index is 487. The van der Waals surface area contributed by atoms with Gasteiger partial charge in [-0.25, -0.2) is 9.18 Å². The summed E-state index contributed by atoms with van der Waals surface area (Å²) >= 11 is 0. The highest BCUT2D eigenvalue weighted by Crippen LogP contribution is 2.32. The molecule has 0 aliphatic heterocycles. The lowest BCUT2D eigenvalue weighted by molar-refractivity contribution is 0.0692. The third-order valence-electron chi connectivity index (χ3n) is 3.77. The van der Waals surface area contributed by atoms with Gasteiger partial charge in [-0.3, -0.25) is 0 Å². The fraction of sp³-hybridized carbons (Fsp3) is 0.500. The van der Waals surface area contributed by atoms with E-state index in [1.54, 1.807) is 0 Å². The maximum absolute atomic E-state index is 13.7. The van der Waals surface area contributed by atoms with E-state index in [-0.39, 0.29) is 5.56 Å². The van der Waals surface area contributed by atoms with Crippen molar-refractivity contribution in [1.82, 2.24) is 0 Å². The maximum atomic E-state index is 13.7. The van der Waals surface area contributed by atoms with Crippen LogP contribution in [0.25, 0.3) is 0 Å². The summed E-state index contributed by atoms with van der Waals surface area (Å²) in [7, 11) is 0. The monoisotopic (exact) mass is 266 g/mol. The van der Waals surface area contributed by atoms with Crippen LogP contribution < -0.4 is 10.6 Å². The summed E-state index contributed by atoms with van der Waals surface area (Å²) in [6.45, 7) is 3.57. The number of hydrogen-bond donors (Lipinski definition) is 2. The van der Waals surface area contributed by atoms with E-state index in [9.17, 15) is 9.18 Å². The largest absolute Gasteiger partial charge is 0.478 e. The quantitative estimate of drug-likeness (QED) is 0.804.